The third kappa shape index (κ3) is 5.44. The number of ether oxygens (including phenoxy) is 1. The fraction of sp³-hybridized carbons (Fsp3) is 0.148. The molecule has 39 heavy (non-hydrogen) atoms. The number of nitrogens with zero attached hydrogens (tertiary/aromatic N) is 5. The maximum Gasteiger partial charge on any atom is 0.222 e. The number of aromatic nitrogens is 5. The molecule has 3 N–H and O–H groups in total. The smallest absolute Gasteiger partial charge is 0.222 e. The monoisotopic (exact) mass is 531 g/mol. The molecule has 198 valence electrons. The third-order valence-corrected chi connectivity index (χ3v) is 5.70. The summed E-state index contributed by atoms with van der Waals surface area (Å²) in [5, 5.41) is 21.2. The highest BCUT2D eigenvalue weighted by molar-refractivity contribution is 5.92. The summed E-state index contributed by atoms with van der Waals surface area (Å²) in [6.45, 7) is 3.20. The largest absolute Gasteiger partial charge is 0.503 e. The van der Waals surface area contributed by atoms with Gasteiger partial charge in [-0.3, -0.25) is 9.48 Å². The third-order valence-electron chi connectivity index (χ3n) is 5.70. The number of para-hydroxylation sites is 1. The molecule has 3 heterocycles. The zero-order chi connectivity index (χ0) is 27.5. The molecule has 0 bridgehead atoms. The van der Waals surface area contributed by atoms with E-state index in [2.05, 4.69) is 30.7 Å². The summed E-state index contributed by atoms with van der Waals surface area (Å²) >= 11 is 0. The summed E-state index contributed by atoms with van der Waals surface area (Å²) in [5.74, 6) is -1.31. The van der Waals surface area contributed by atoms with Crippen molar-refractivity contribution in [2.45, 2.75) is 20.4 Å². The van der Waals surface area contributed by atoms with Crippen LogP contribution in [-0.2, 0) is 11.3 Å². The molecule has 0 aliphatic heterocycles. The SMILES string of the molecule is CCOc1cc(F)c(Cn2nc(-c3ncc(O)c(Nc4ccnc(NC(C)=O)c4)n3)c3ccccc32)c(F)c1. The highest BCUT2D eigenvalue weighted by atomic mass is 19.1. The van der Waals surface area contributed by atoms with Crippen LogP contribution in [0.25, 0.3) is 22.4 Å². The number of benzene rings is 2. The zero-order valence-electron chi connectivity index (χ0n) is 20.9. The van der Waals surface area contributed by atoms with Crippen LogP contribution in [-0.4, -0.2) is 42.4 Å². The maximum absolute atomic E-state index is 14.8. The molecule has 0 saturated heterocycles. The molecule has 5 rings (SSSR count). The Morgan fingerprint density at radius 1 is 1.10 bits per heavy atom. The van der Waals surface area contributed by atoms with Crippen LogP contribution in [0.15, 0.2) is 60.9 Å². The van der Waals surface area contributed by atoms with Crippen LogP contribution in [0.3, 0.4) is 0 Å². The lowest BCUT2D eigenvalue weighted by Crippen LogP contribution is -2.08. The number of hydrogen-bond acceptors (Lipinski definition) is 8. The van der Waals surface area contributed by atoms with Crippen LogP contribution in [0, 0.1) is 11.6 Å². The second-order valence-corrected chi connectivity index (χ2v) is 8.49. The molecule has 0 unspecified atom stereocenters. The van der Waals surface area contributed by atoms with Crippen molar-refractivity contribution >= 4 is 34.1 Å². The molecule has 12 heteroatoms. The molecule has 1 amide bonds. The van der Waals surface area contributed by atoms with Gasteiger partial charge in [-0.2, -0.15) is 5.10 Å². The van der Waals surface area contributed by atoms with Crippen LogP contribution in [0.4, 0.5) is 26.1 Å². The van der Waals surface area contributed by atoms with Gasteiger partial charge in [0.15, 0.2) is 17.4 Å². The summed E-state index contributed by atoms with van der Waals surface area (Å²) in [7, 11) is 0. The van der Waals surface area contributed by atoms with Gasteiger partial charge in [-0.1, -0.05) is 18.2 Å². The topological polar surface area (TPSA) is 127 Å². The zero-order valence-corrected chi connectivity index (χ0v) is 20.9. The van der Waals surface area contributed by atoms with E-state index in [0.29, 0.717) is 28.1 Å². The van der Waals surface area contributed by atoms with E-state index in [9.17, 15) is 18.7 Å². The number of carbonyl (C=O) groups excluding carboxylic acids is 1. The van der Waals surface area contributed by atoms with Crippen LogP contribution in [0.5, 0.6) is 11.5 Å². The number of rotatable bonds is 8. The predicted octanol–water partition coefficient (Wildman–Crippen LogP) is 5.02. The number of anilines is 3. The Kier molecular flexibility index (Phi) is 7.00. The van der Waals surface area contributed by atoms with Crippen molar-refractivity contribution in [3.63, 3.8) is 0 Å². The van der Waals surface area contributed by atoms with Gasteiger partial charge < -0.3 is 20.5 Å². The Balaban J connectivity index is 1.51. The fourth-order valence-corrected chi connectivity index (χ4v) is 4.02. The normalized spacial score (nSPS) is 11.0. The summed E-state index contributed by atoms with van der Waals surface area (Å²) in [6, 6.07) is 12.7. The molecular weight excluding hydrogens is 508 g/mol. The molecule has 2 aromatic carbocycles. The number of pyridine rings is 1. The molecule has 0 saturated carbocycles. The Morgan fingerprint density at radius 3 is 2.62 bits per heavy atom. The summed E-state index contributed by atoms with van der Waals surface area (Å²) in [4.78, 5) is 24.1. The molecular formula is C27H23F2N7O3. The maximum atomic E-state index is 14.8. The van der Waals surface area contributed by atoms with Crippen LogP contribution in [0.1, 0.15) is 19.4 Å². The molecule has 3 aromatic heterocycles. The molecule has 0 radical (unpaired) electrons. The highest BCUT2D eigenvalue weighted by Gasteiger charge is 2.19. The van der Waals surface area contributed by atoms with Crippen LogP contribution in [0.2, 0.25) is 0 Å². The second kappa shape index (κ2) is 10.7. The van der Waals surface area contributed by atoms with Crippen molar-refractivity contribution < 1.29 is 23.4 Å². The number of nitrogens with one attached hydrogen (secondary N) is 2. The van der Waals surface area contributed by atoms with Gasteiger partial charge in [0.2, 0.25) is 5.91 Å². The average molecular weight is 532 g/mol. The standard InChI is InChI=1S/C27H23F2N7O3/c1-3-39-17-11-20(28)19(21(29)12-17)14-36-22-7-5-4-6-18(22)25(35-36)27-31-13-23(38)26(34-27)33-16-8-9-30-24(10-16)32-15(2)37/h4-13,38H,3,14H2,1-2H3,(H2,30,31,32,33,34,37). The van der Waals surface area contributed by atoms with Gasteiger partial charge in [-0.25, -0.2) is 23.7 Å². The lowest BCUT2D eigenvalue weighted by Gasteiger charge is -2.10. The number of fused-ring (bicyclic) bond motifs is 1. The Morgan fingerprint density at radius 2 is 1.87 bits per heavy atom. The van der Waals surface area contributed by atoms with E-state index in [1.807, 2.05) is 0 Å². The number of aromatic hydroxyl groups is 1. The summed E-state index contributed by atoms with van der Waals surface area (Å²) in [6.07, 6.45) is 2.71. The Hall–Kier alpha value is -5.13. The molecule has 0 atom stereocenters. The minimum Gasteiger partial charge on any atom is -0.503 e. The van der Waals surface area contributed by atoms with E-state index in [1.165, 1.54) is 24.0 Å². The first-order valence-corrected chi connectivity index (χ1v) is 12.0. The summed E-state index contributed by atoms with van der Waals surface area (Å²) in [5.41, 5.74) is 1.31. The lowest BCUT2D eigenvalue weighted by atomic mass is 10.1. The van der Waals surface area contributed by atoms with E-state index in [0.717, 1.165) is 12.1 Å². The minimum atomic E-state index is -0.747. The van der Waals surface area contributed by atoms with Gasteiger partial charge in [0, 0.05) is 48.0 Å². The minimum absolute atomic E-state index is 0.0854. The van der Waals surface area contributed by atoms with Crippen LogP contribution < -0.4 is 15.4 Å². The van der Waals surface area contributed by atoms with E-state index in [-0.39, 0.29) is 47.8 Å². The van der Waals surface area contributed by atoms with Gasteiger partial charge in [-0.15, -0.1) is 0 Å². The van der Waals surface area contributed by atoms with E-state index < -0.39 is 11.6 Å². The fourth-order valence-electron chi connectivity index (χ4n) is 4.02. The first kappa shape index (κ1) is 25.5. The molecule has 5 aromatic rings. The van der Waals surface area contributed by atoms with Gasteiger partial charge >= 0.3 is 0 Å². The Bertz CT molecular complexity index is 1670. The van der Waals surface area contributed by atoms with Gasteiger partial charge in [0.1, 0.15) is 28.9 Å². The molecule has 0 aliphatic carbocycles. The number of carbonyl (C=O) groups is 1. The quantitative estimate of drug-likeness (QED) is 0.255. The Labute approximate surface area is 221 Å². The van der Waals surface area contributed by atoms with Gasteiger partial charge in [0.05, 0.1) is 24.9 Å². The summed E-state index contributed by atoms with van der Waals surface area (Å²) < 4.78 is 36.3. The number of hydrogen-bond donors (Lipinski definition) is 3. The van der Waals surface area contributed by atoms with E-state index in [1.54, 1.807) is 43.3 Å². The van der Waals surface area contributed by atoms with Crippen molar-refractivity contribution in [2.24, 2.45) is 0 Å². The molecule has 0 aliphatic rings. The van der Waals surface area contributed by atoms with Crippen molar-refractivity contribution in [3.05, 3.63) is 78.1 Å². The molecule has 0 fully saturated rings. The highest BCUT2D eigenvalue weighted by Crippen LogP contribution is 2.31. The van der Waals surface area contributed by atoms with Crippen molar-refractivity contribution in [1.82, 2.24) is 24.7 Å². The number of halogens is 2. The molecule has 0 spiro atoms. The number of amides is 1. The predicted molar refractivity (Wildman–Crippen MR) is 141 cm³/mol. The van der Waals surface area contributed by atoms with Crippen molar-refractivity contribution in [2.75, 3.05) is 17.2 Å². The first-order chi connectivity index (χ1) is 18.8. The van der Waals surface area contributed by atoms with E-state index >= 15 is 0 Å². The first-order valence-electron chi connectivity index (χ1n) is 12.0. The average Bonchev–Trinajstić information content (AvgIpc) is 3.26. The molecule has 10 nitrogen and oxygen atoms in total. The second-order valence-electron chi connectivity index (χ2n) is 8.49. The lowest BCUT2D eigenvalue weighted by molar-refractivity contribution is -0.114. The van der Waals surface area contributed by atoms with Crippen molar-refractivity contribution in [3.8, 4) is 23.0 Å². The van der Waals surface area contributed by atoms with Gasteiger partial charge in [-0.05, 0) is 19.1 Å². The van der Waals surface area contributed by atoms with E-state index in [4.69, 9.17) is 4.74 Å². The van der Waals surface area contributed by atoms with Crippen LogP contribution >= 0.6 is 0 Å². The van der Waals surface area contributed by atoms with Gasteiger partial charge in [0.25, 0.3) is 0 Å². The van der Waals surface area contributed by atoms with Crippen molar-refractivity contribution in [1.29, 1.82) is 0 Å².